The number of piperidine rings is 1. The molecule has 1 fully saturated rings. The van der Waals surface area contributed by atoms with Gasteiger partial charge in [-0.1, -0.05) is 35.9 Å². The van der Waals surface area contributed by atoms with Gasteiger partial charge in [0.05, 0.1) is 10.6 Å². The lowest BCUT2D eigenvalue weighted by Crippen LogP contribution is -2.37. The summed E-state index contributed by atoms with van der Waals surface area (Å²) in [6, 6.07) is 11.1. The van der Waals surface area contributed by atoms with Crippen LogP contribution in [0, 0.1) is 5.82 Å². The summed E-state index contributed by atoms with van der Waals surface area (Å²) in [5.41, 5.74) is 0.599. The van der Waals surface area contributed by atoms with Crippen LogP contribution in [0.25, 0.3) is 10.9 Å². The van der Waals surface area contributed by atoms with Crippen molar-refractivity contribution in [2.24, 2.45) is 0 Å². The van der Waals surface area contributed by atoms with E-state index < -0.39 is 21.4 Å². The molecule has 0 aliphatic carbocycles. The number of para-hydroxylation sites is 1. The van der Waals surface area contributed by atoms with Gasteiger partial charge in [-0.15, -0.1) is 0 Å². The Hall–Kier alpha value is -2.38. The van der Waals surface area contributed by atoms with Crippen LogP contribution >= 0.6 is 11.6 Å². The van der Waals surface area contributed by atoms with E-state index in [1.54, 1.807) is 28.8 Å². The second kappa shape index (κ2) is 8.40. The van der Waals surface area contributed by atoms with E-state index in [0.717, 1.165) is 32.4 Å². The molecule has 0 saturated carbocycles. The first-order chi connectivity index (χ1) is 14.4. The molecule has 4 rings (SSSR count). The molecule has 0 unspecified atom stereocenters. The summed E-state index contributed by atoms with van der Waals surface area (Å²) in [6.45, 7) is 1.53. The summed E-state index contributed by atoms with van der Waals surface area (Å²) in [6.07, 6.45) is 4.58. The third-order valence-electron chi connectivity index (χ3n) is 5.50. The molecule has 0 radical (unpaired) electrons. The van der Waals surface area contributed by atoms with Gasteiger partial charge in [0, 0.05) is 40.8 Å². The van der Waals surface area contributed by atoms with Gasteiger partial charge in [0.15, 0.2) is 9.84 Å². The van der Waals surface area contributed by atoms with E-state index in [1.807, 2.05) is 4.90 Å². The number of aromatic nitrogens is 1. The van der Waals surface area contributed by atoms with Crippen LogP contribution in [0.5, 0.6) is 0 Å². The highest BCUT2D eigenvalue weighted by Crippen LogP contribution is 2.30. The number of nitrogens with zero attached hydrogens (tertiary/aromatic N) is 2. The monoisotopic (exact) mass is 448 g/mol. The number of rotatable bonds is 5. The summed E-state index contributed by atoms with van der Waals surface area (Å²) in [5, 5.41) is 0.582. The van der Waals surface area contributed by atoms with Gasteiger partial charge in [0.25, 0.3) is 0 Å². The van der Waals surface area contributed by atoms with E-state index in [0.29, 0.717) is 10.9 Å². The van der Waals surface area contributed by atoms with Gasteiger partial charge in [0.1, 0.15) is 12.4 Å². The van der Waals surface area contributed by atoms with E-state index in [9.17, 15) is 17.6 Å². The zero-order chi connectivity index (χ0) is 21.3. The van der Waals surface area contributed by atoms with Gasteiger partial charge >= 0.3 is 0 Å². The molecule has 3 aromatic rings. The Bertz CT molecular complexity index is 1180. The third-order valence-corrected chi connectivity index (χ3v) is 7.52. The highest BCUT2D eigenvalue weighted by atomic mass is 35.5. The molecule has 1 aliphatic heterocycles. The van der Waals surface area contributed by atoms with Crippen LogP contribution in [0.15, 0.2) is 53.6 Å². The number of amides is 1. The fraction of sp³-hybridized carbons (Fsp3) is 0.318. The molecule has 0 bridgehead atoms. The summed E-state index contributed by atoms with van der Waals surface area (Å²) >= 11 is 6.04. The van der Waals surface area contributed by atoms with E-state index >= 15 is 0 Å². The Morgan fingerprint density at radius 1 is 1.03 bits per heavy atom. The van der Waals surface area contributed by atoms with E-state index in [4.69, 9.17) is 11.6 Å². The van der Waals surface area contributed by atoms with Crippen LogP contribution in [0.2, 0.25) is 5.02 Å². The Balaban J connectivity index is 1.70. The Morgan fingerprint density at radius 2 is 1.77 bits per heavy atom. The number of fused-ring (bicyclic) bond motifs is 1. The molecule has 30 heavy (non-hydrogen) atoms. The fourth-order valence-electron chi connectivity index (χ4n) is 3.92. The van der Waals surface area contributed by atoms with Gasteiger partial charge in [0.2, 0.25) is 5.91 Å². The molecular formula is C22H22ClFN2O3S. The number of carbonyl (C=O) groups is 1. The second-order valence-corrected chi connectivity index (χ2v) is 9.90. The first-order valence-corrected chi connectivity index (χ1v) is 11.9. The lowest BCUT2D eigenvalue weighted by atomic mass is 10.1. The van der Waals surface area contributed by atoms with Crippen molar-refractivity contribution in [3.05, 3.63) is 65.1 Å². The molecule has 5 nitrogen and oxygen atoms in total. The van der Waals surface area contributed by atoms with Crippen molar-refractivity contribution in [2.45, 2.75) is 36.5 Å². The van der Waals surface area contributed by atoms with Crippen LogP contribution in [0.4, 0.5) is 4.39 Å². The van der Waals surface area contributed by atoms with E-state index in [-0.39, 0.29) is 27.9 Å². The third kappa shape index (κ3) is 4.09. The van der Waals surface area contributed by atoms with E-state index in [1.165, 1.54) is 24.4 Å². The predicted octanol–water partition coefficient (Wildman–Crippen LogP) is 4.42. The maximum atomic E-state index is 14.2. The molecule has 1 aromatic heterocycles. The lowest BCUT2D eigenvalue weighted by molar-refractivity contribution is -0.132. The first kappa shape index (κ1) is 20.9. The average Bonchev–Trinajstić information content (AvgIpc) is 3.11. The Labute approximate surface area is 180 Å². The molecule has 8 heteroatoms. The Morgan fingerprint density at radius 3 is 2.50 bits per heavy atom. The zero-order valence-corrected chi connectivity index (χ0v) is 17.9. The average molecular weight is 449 g/mol. The summed E-state index contributed by atoms with van der Waals surface area (Å²) < 4.78 is 42.2. The van der Waals surface area contributed by atoms with E-state index in [2.05, 4.69) is 0 Å². The smallest absolute Gasteiger partial charge is 0.242 e. The topological polar surface area (TPSA) is 59.4 Å². The van der Waals surface area contributed by atoms with Gasteiger partial charge in [-0.2, -0.15) is 0 Å². The van der Waals surface area contributed by atoms with Crippen LogP contribution in [0.1, 0.15) is 24.8 Å². The molecule has 158 valence electrons. The number of halogens is 2. The van der Waals surface area contributed by atoms with Crippen molar-refractivity contribution >= 4 is 38.2 Å². The largest absolute Gasteiger partial charge is 0.341 e. The molecule has 2 aromatic carbocycles. The molecule has 2 heterocycles. The first-order valence-electron chi connectivity index (χ1n) is 9.88. The number of likely N-dealkylation sites (tertiary alicyclic amines) is 1. The number of benzene rings is 2. The molecule has 1 amide bonds. The molecule has 0 atom stereocenters. The maximum absolute atomic E-state index is 14.2. The van der Waals surface area contributed by atoms with Gasteiger partial charge in [-0.05, 0) is 37.5 Å². The van der Waals surface area contributed by atoms with Crippen LogP contribution in [-0.2, 0) is 26.9 Å². The SMILES string of the molecule is O=C(Cn1cc(S(=O)(=O)Cc2c(F)cccc2Cl)c2ccccc21)N1CCCCC1. The minimum atomic E-state index is -3.89. The van der Waals surface area contributed by atoms with Crippen molar-refractivity contribution in [3.63, 3.8) is 0 Å². The van der Waals surface area contributed by atoms with Crippen LogP contribution in [-0.4, -0.2) is 36.9 Å². The highest BCUT2D eigenvalue weighted by Gasteiger charge is 2.25. The van der Waals surface area contributed by atoms with Gasteiger partial charge in [-0.3, -0.25) is 4.79 Å². The molecular weight excluding hydrogens is 427 g/mol. The maximum Gasteiger partial charge on any atom is 0.242 e. The number of sulfone groups is 1. The summed E-state index contributed by atoms with van der Waals surface area (Å²) in [7, 11) is -3.89. The van der Waals surface area contributed by atoms with Crippen LogP contribution in [0.3, 0.4) is 0 Å². The number of carbonyl (C=O) groups excluding carboxylic acids is 1. The second-order valence-electron chi connectivity index (χ2n) is 7.54. The van der Waals surface area contributed by atoms with Gasteiger partial charge < -0.3 is 9.47 Å². The summed E-state index contributed by atoms with van der Waals surface area (Å²) in [5.74, 6) is -1.24. The molecule has 0 N–H and O–H groups in total. The predicted molar refractivity (Wildman–Crippen MR) is 115 cm³/mol. The highest BCUT2D eigenvalue weighted by molar-refractivity contribution is 7.90. The zero-order valence-electron chi connectivity index (χ0n) is 16.4. The van der Waals surface area contributed by atoms with Gasteiger partial charge in [-0.25, -0.2) is 12.8 Å². The van der Waals surface area contributed by atoms with Crippen molar-refractivity contribution in [2.75, 3.05) is 13.1 Å². The minimum Gasteiger partial charge on any atom is -0.341 e. The van der Waals surface area contributed by atoms with Crippen molar-refractivity contribution in [1.82, 2.24) is 9.47 Å². The Kier molecular flexibility index (Phi) is 5.84. The summed E-state index contributed by atoms with van der Waals surface area (Å²) in [4.78, 5) is 14.6. The van der Waals surface area contributed by atoms with Crippen LogP contribution < -0.4 is 0 Å². The quantitative estimate of drug-likeness (QED) is 0.580. The fourth-order valence-corrected chi connectivity index (χ4v) is 5.85. The molecule has 0 spiro atoms. The standard InChI is InChI=1S/C22H22ClFN2O3S/c23-18-8-6-9-19(24)17(18)15-30(28,29)21-13-26(20-10-3-2-7-16(20)21)14-22(27)25-11-4-1-5-12-25/h2-3,6-10,13H,1,4-5,11-12,14-15H2. The van der Waals surface area contributed by atoms with Crippen molar-refractivity contribution < 1.29 is 17.6 Å². The molecule has 1 aliphatic rings. The lowest BCUT2D eigenvalue weighted by Gasteiger charge is -2.27. The molecule has 1 saturated heterocycles. The minimum absolute atomic E-state index is 0.0310. The normalized spacial score (nSPS) is 14.9. The van der Waals surface area contributed by atoms with Crippen molar-refractivity contribution in [3.8, 4) is 0 Å². The van der Waals surface area contributed by atoms with Crippen molar-refractivity contribution in [1.29, 1.82) is 0 Å². The number of hydrogen-bond donors (Lipinski definition) is 0. The number of hydrogen-bond acceptors (Lipinski definition) is 3.